The third-order valence-corrected chi connectivity index (χ3v) is 3.86. The number of carbonyl (C=O) groups is 2. The molecule has 1 aromatic rings. The number of aliphatic hydroxyl groups is 1. The zero-order chi connectivity index (χ0) is 15.6. The van der Waals surface area contributed by atoms with Crippen molar-refractivity contribution in [3.63, 3.8) is 0 Å². The van der Waals surface area contributed by atoms with Crippen molar-refractivity contribution < 1.29 is 19.8 Å². The average Bonchev–Trinajstić information content (AvgIpc) is 2.41. The van der Waals surface area contributed by atoms with Crippen LogP contribution in [0.4, 0.5) is 10.5 Å². The van der Waals surface area contributed by atoms with Crippen LogP contribution < -0.4 is 5.32 Å². The first-order valence-corrected chi connectivity index (χ1v) is 6.96. The van der Waals surface area contributed by atoms with E-state index in [1.807, 2.05) is 6.92 Å². The van der Waals surface area contributed by atoms with Crippen molar-refractivity contribution >= 4 is 17.7 Å². The molecule has 0 saturated carbocycles. The lowest BCUT2D eigenvalue weighted by Gasteiger charge is -2.34. The Morgan fingerprint density at radius 3 is 2.67 bits per heavy atom. The summed E-state index contributed by atoms with van der Waals surface area (Å²) in [6.07, 6.45) is 0.220. The zero-order valence-corrected chi connectivity index (χ0v) is 12.2. The number of aromatic carboxylic acids is 1. The van der Waals surface area contributed by atoms with Crippen LogP contribution in [0.5, 0.6) is 0 Å². The molecule has 2 atom stereocenters. The molecule has 1 aliphatic rings. The lowest BCUT2D eigenvalue weighted by molar-refractivity contribution is 0.0506. The first-order valence-electron chi connectivity index (χ1n) is 6.96. The molecule has 1 heterocycles. The molecule has 6 heteroatoms. The minimum Gasteiger partial charge on any atom is -0.478 e. The molecular formula is C15H20N2O4. The maximum absolute atomic E-state index is 12.2. The summed E-state index contributed by atoms with van der Waals surface area (Å²) in [5.41, 5.74) is 1.40. The number of urea groups is 1. The molecule has 2 amide bonds. The quantitative estimate of drug-likeness (QED) is 0.777. The standard InChI is InChI=1S/C15H20N2O4/c1-9-7-11(3-4-12(9)14(19)20)16-15(21)17-6-5-13(18)10(2)8-17/h3-4,7,10,13,18H,5-6,8H2,1-2H3,(H,16,21)(H,19,20). The van der Waals surface area contributed by atoms with Gasteiger partial charge in [-0.1, -0.05) is 6.92 Å². The summed E-state index contributed by atoms with van der Waals surface area (Å²) in [5, 5.41) is 21.4. The highest BCUT2D eigenvalue weighted by Crippen LogP contribution is 2.19. The van der Waals surface area contributed by atoms with Crippen molar-refractivity contribution in [3.8, 4) is 0 Å². The summed E-state index contributed by atoms with van der Waals surface area (Å²) in [6.45, 7) is 4.64. The van der Waals surface area contributed by atoms with Crippen LogP contribution in [0.25, 0.3) is 0 Å². The van der Waals surface area contributed by atoms with Crippen molar-refractivity contribution in [1.82, 2.24) is 4.90 Å². The number of aliphatic hydroxyl groups excluding tert-OH is 1. The number of benzene rings is 1. The van der Waals surface area contributed by atoms with Crippen LogP contribution in [0.15, 0.2) is 18.2 Å². The Morgan fingerprint density at radius 1 is 1.38 bits per heavy atom. The van der Waals surface area contributed by atoms with Gasteiger partial charge >= 0.3 is 12.0 Å². The van der Waals surface area contributed by atoms with Gasteiger partial charge in [0, 0.05) is 18.8 Å². The highest BCUT2D eigenvalue weighted by Gasteiger charge is 2.27. The number of carboxylic acids is 1. The summed E-state index contributed by atoms with van der Waals surface area (Å²) >= 11 is 0. The Balaban J connectivity index is 2.03. The zero-order valence-electron chi connectivity index (χ0n) is 12.2. The van der Waals surface area contributed by atoms with Gasteiger partial charge in [0.1, 0.15) is 0 Å². The van der Waals surface area contributed by atoms with Crippen molar-refractivity contribution in [2.24, 2.45) is 5.92 Å². The van der Waals surface area contributed by atoms with Crippen LogP contribution in [-0.2, 0) is 0 Å². The van der Waals surface area contributed by atoms with E-state index in [9.17, 15) is 14.7 Å². The minimum absolute atomic E-state index is 0.0561. The number of hydrogen-bond acceptors (Lipinski definition) is 3. The van der Waals surface area contributed by atoms with E-state index in [2.05, 4.69) is 5.32 Å². The number of amides is 2. The van der Waals surface area contributed by atoms with Crippen LogP contribution in [0.3, 0.4) is 0 Å². The third kappa shape index (κ3) is 3.52. The van der Waals surface area contributed by atoms with Gasteiger partial charge in [-0.25, -0.2) is 9.59 Å². The molecule has 1 aromatic carbocycles. The third-order valence-electron chi connectivity index (χ3n) is 3.86. The molecule has 0 radical (unpaired) electrons. The largest absolute Gasteiger partial charge is 0.478 e. The van der Waals surface area contributed by atoms with E-state index >= 15 is 0 Å². The maximum Gasteiger partial charge on any atom is 0.335 e. The Kier molecular flexibility index (Phi) is 4.47. The van der Waals surface area contributed by atoms with Crippen molar-refractivity contribution in [2.45, 2.75) is 26.4 Å². The number of hydrogen-bond donors (Lipinski definition) is 3. The highest BCUT2D eigenvalue weighted by atomic mass is 16.4. The highest BCUT2D eigenvalue weighted by molar-refractivity contribution is 5.92. The predicted octanol–water partition coefficient (Wildman–Crippen LogP) is 1.93. The van der Waals surface area contributed by atoms with Crippen molar-refractivity contribution in [1.29, 1.82) is 0 Å². The molecule has 21 heavy (non-hydrogen) atoms. The number of carboxylic acid groups (broad SMARTS) is 1. The fourth-order valence-electron chi connectivity index (χ4n) is 2.50. The Hall–Kier alpha value is -2.08. The van der Waals surface area contributed by atoms with Crippen LogP contribution in [0, 0.1) is 12.8 Å². The number of nitrogens with zero attached hydrogens (tertiary/aromatic N) is 1. The van der Waals surface area contributed by atoms with Gasteiger partial charge in [0.2, 0.25) is 0 Å². The second-order valence-electron chi connectivity index (χ2n) is 5.54. The van der Waals surface area contributed by atoms with Crippen LogP contribution in [0.2, 0.25) is 0 Å². The minimum atomic E-state index is -0.982. The molecule has 3 N–H and O–H groups in total. The second-order valence-corrected chi connectivity index (χ2v) is 5.54. The van der Waals surface area contributed by atoms with Gasteiger partial charge in [-0.05, 0) is 43.0 Å². The van der Waals surface area contributed by atoms with Crippen LogP contribution >= 0.6 is 0 Å². The molecule has 1 saturated heterocycles. The number of nitrogens with one attached hydrogen (secondary N) is 1. The second kappa shape index (κ2) is 6.13. The number of aryl methyl sites for hydroxylation is 1. The molecule has 0 bridgehead atoms. The van der Waals surface area contributed by atoms with E-state index in [4.69, 9.17) is 5.11 Å². The molecule has 2 unspecified atom stereocenters. The summed E-state index contributed by atoms with van der Waals surface area (Å²) < 4.78 is 0. The molecule has 6 nitrogen and oxygen atoms in total. The van der Waals surface area contributed by atoms with Crippen LogP contribution in [-0.4, -0.2) is 46.3 Å². The topological polar surface area (TPSA) is 89.9 Å². The molecular weight excluding hydrogens is 272 g/mol. The van der Waals surface area contributed by atoms with Gasteiger partial charge in [0.25, 0.3) is 0 Å². The molecule has 1 fully saturated rings. The Morgan fingerprint density at radius 2 is 2.10 bits per heavy atom. The van der Waals surface area contributed by atoms with Crippen LogP contribution in [0.1, 0.15) is 29.3 Å². The smallest absolute Gasteiger partial charge is 0.335 e. The van der Waals surface area contributed by atoms with Gasteiger partial charge < -0.3 is 20.4 Å². The number of carbonyl (C=O) groups excluding carboxylic acids is 1. The SMILES string of the molecule is Cc1cc(NC(=O)N2CCC(O)C(C)C2)ccc1C(=O)O. The monoisotopic (exact) mass is 292 g/mol. The molecule has 2 rings (SSSR count). The molecule has 0 aromatic heterocycles. The summed E-state index contributed by atoms with van der Waals surface area (Å²) in [5.74, 6) is -0.926. The number of piperidine rings is 1. The lowest BCUT2D eigenvalue weighted by Crippen LogP contribution is -2.46. The van der Waals surface area contributed by atoms with Crippen molar-refractivity contribution in [2.75, 3.05) is 18.4 Å². The van der Waals surface area contributed by atoms with E-state index in [1.165, 1.54) is 6.07 Å². The van der Waals surface area contributed by atoms with Gasteiger partial charge in [-0.15, -0.1) is 0 Å². The molecule has 0 spiro atoms. The van der Waals surface area contributed by atoms with E-state index in [1.54, 1.807) is 24.0 Å². The number of anilines is 1. The van der Waals surface area contributed by atoms with Gasteiger partial charge in [-0.2, -0.15) is 0 Å². The fraction of sp³-hybridized carbons (Fsp3) is 0.467. The summed E-state index contributed by atoms with van der Waals surface area (Å²) in [7, 11) is 0. The molecule has 0 aliphatic carbocycles. The molecule has 1 aliphatic heterocycles. The van der Waals surface area contributed by atoms with E-state index in [-0.39, 0.29) is 23.6 Å². The average molecular weight is 292 g/mol. The Bertz CT molecular complexity index is 559. The number of likely N-dealkylation sites (tertiary alicyclic amines) is 1. The Labute approximate surface area is 123 Å². The first-order chi connectivity index (χ1) is 9.88. The van der Waals surface area contributed by atoms with E-state index in [0.29, 0.717) is 30.8 Å². The summed E-state index contributed by atoms with van der Waals surface area (Å²) in [6, 6.07) is 4.48. The number of rotatable bonds is 2. The maximum atomic E-state index is 12.2. The van der Waals surface area contributed by atoms with E-state index < -0.39 is 5.97 Å². The summed E-state index contributed by atoms with van der Waals surface area (Å²) in [4.78, 5) is 24.8. The van der Waals surface area contributed by atoms with Crippen molar-refractivity contribution in [3.05, 3.63) is 29.3 Å². The fourth-order valence-corrected chi connectivity index (χ4v) is 2.50. The van der Waals surface area contributed by atoms with E-state index in [0.717, 1.165) is 0 Å². The molecule has 114 valence electrons. The van der Waals surface area contributed by atoms with Gasteiger partial charge in [0.15, 0.2) is 0 Å². The predicted molar refractivity (Wildman–Crippen MR) is 78.5 cm³/mol. The normalized spacial score (nSPS) is 22.0. The first kappa shape index (κ1) is 15.3. The van der Waals surface area contributed by atoms with Gasteiger partial charge in [0.05, 0.1) is 11.7 Å². The lowest BCUT2D eigenvalue weighted by atomic mass is 9.97. The van der Waals surface area contributed by atoms with Gasteiger partial charge in [-0.3, -0.25) is 0 Å².